The second-order valence-electron chi connectivity index (χ2n) is 5.75. The molecule has 0 atom stereocenters. The van der Waals surface area contributed by atoms with Gasteiger partial charge in [-0.1, -0.05) is 42.4 Å². The molecule has 0 radical (unpaired) electrons. The van der Waals surface area contributed by atoms with Crippen LogP contribution in [0.15, 0.2) is 66.4 Å². The number of carbonyl (C=O) groups excluding carboxylic acids is 1. The van der Waals surface area contributed by atoms with Gasteiger partial charge in [-0.15, -0.1) is 0 Å². The molecule has 1 N–H and O–H groups in total. The first-order chi connectivity index (χ1) is 12.0. The standard InChI is InChI=1S/C20H19ClN2O2/c1-4-23(14-9-6-5-7-10-14)20(25)17-13(2)22(3)16-12-8-11-15(21)18(16)19(17)24/h5-12,24H,2,4H2,1,3H3. The summed E-state index contributed by atoms with van der Waals surface area (Å²) in [6.07, 6.45) is 0. The molecule has 3 rings (SSSR count). The van der Waals surface area contributed by atoms with Gasteiger partial charge in [-0.3, -0.25) is 4.79 Å². The molecule has 4 nitrogen and oxygen atoms in total. The summed E-state index contributed by atoms with van der Waals surface area (Å²) in [5, 5.41) is 11.2. The van der Waals surface area contributed by atoms with Crippen LogP contribution >= 0.6 is 11.6 Å². The van der Waals surface area contributed by atoms with E-state index in [2.05, 4.69) is 6.58 Å². The van der Waals surface area contributed by atoms with E-state index in [1.165, 1.54) is 0 Å². The van der Waals surface area contributed by atoms with Crippen molar-refractivity contribution in [3.63, 3.8) is 0 Å². The van der Waals surface area contributed by atoms with Crippen molar-refractivity contribution < 1.29 is 9.90 Å². The average Bonchev–Trinajstić information content (AvgIpc) is 2.61. The molecule has 0 bridgehead atoms. The SMILES string of the molecule is C=C1C(C(=O)N(CC)c2ccccc2)=C(O)c2c(Cl)cccc2N1C. The van der Waals surface area contributed by atoms with E-state index in [1.807, 2.05) is 43.3 Å². The van der Waals surface area contributed by atoms with Gasteiger partial charge < -0.3 is 14.9 Å². The summed E-state index contributed by atoms with van der Waals surface area (Å²) in [4.78, 5) is 16.6. The molecule has 1 heterocycles. The molecule has 0 aromatic heterocycles. The first kappa shape index (κ1) is 17.1. The maximum absolute atomic E-state index is 13.2. The quantitative estimate of drug-likeness (QED) is 0.874. The minimum absolute atomic E-state index is 0.136. The van der Waals surface area contributed by atoms with Gasteiger partial charge in [0, 0.05) is 19.3 Å². The van der Waals surface area contributed by atoms with Crippen molar-refractivity contribution in [2.75, 3.05) is 23.4 Å². The van der Waals surface area contributed by atoms with Crippen LogP contribution in [0, 0.1) is 0 Å². The van der Waals surface area contributed by atoms with E-state index < -0.39 is 0 Å². The summed E-state index contributed by atoms with van der Waals surface area (Å²) in [6.45, 7) is 6.36. The van der Waals surface area contributed by atoms with Crippen LogP contribution < -0.4 is 9.80 Å². The lowest BCUT2D eigenvalue weighted by atomic mass is 9.97. The second kappa shape index (κ2) is 6.65. The van der Waals surface area contributed by atoms with E-state index in [0.717, 1.165) is 5.69 Å². The number of hydrogen-bond acceptors (Lipinski definition) is 3. The van der Waals surface area contributed by atoms with Crippen LogP contribution in [-0.4, -0.2) is 24.6 Å². The highest BCUT2D eigenvalue weighted by molar-refractivity contribution is 6.33. The number of fused-ring (bicyclic) bond motifs is 1. The number of halogens is 1. The van der Waals surface area contributed by atoms with Gasteiger partial charge in [0.25, 0.3) is 5.91 Å². The zero-order valence-electron chi connectivity index (χ0n) is 14.2. The number of aliphatic hydroxyl groups is 1. The average molecular weight is 355 g/mol. The molecule has 0 fully saturated rings. The Labute approximate surface area is 152 Å². The molecule has 5 heteroatoms. The van der Waals surface area contributed by atoms with Gasteiger partial charge in [-0.25, -0.2) is 0 Å². The summed E-state index contributed by atoms with van der Waals surface area (Å²) in [7, 11) is 1.80. The number of likely N-dealkylation sites (N-methyl/N-ethyl adjacent to an activating group) is 2. The van der Waals surface area contributed by atoms with Gasteiger partial charge in [0.05, 0.1) is 22.0 Å². The van der Waals surface area contributed by atoms with E-state index in [1.54, 1.807) is 29.0 Å². The smallest absolute Gasteiger partial charge is 0.264 e. The maximum Gasteiger partial charge on any atom is 0.264 e. The van der Waals surface area contributed by atoms with Crippen molar-refractivity contribution >= 4 is 34.6 Å². The molecule has 2 aromatic rings. The van der Waals surface area contributed by atoms with E-state index in [9.17, 15) is 9.90 Å². The predicted octanol–water partition coefficient (Wildman–Crippen LogP) is 4.63. The van der Waals surface area contributed by atoms with E-state index in [-0.39, 0.29) is 17.2 Å². The lowest BCUT2D eigenvalue weighted by molar-refractivity contribution is -0.114. The molecule has 1 aliphatic heterocycles. The van der Waals surface area contributed by atoms with Crippen molar-refractivity contribution in [1.29, 1.82) is 0 Å². The molecule has 0 saturated carbocycles. The maximum atomic E-state index is 13.2. The second-order valence-corrected chi connectivity index (χ2v) is 6.16. The van der Waals surface area contributed by atoms with Gasteiger partial charge in [0.1, 0.15) is 11.3 Å². The zero-order chi connectivity index (χ0) is 18.1. The van der Waals surface area contributed by atoms with Crippen LogP contribution in [0.1, 0.15) is 12.5 Å². The number of para-hydroxylation sites is 1. The molecule has 25 heavy (non-hydrogen) atoms. The molecule has 1 aliphatic rings. The van der Waals surface area contributed by atoms with Crippen molar-refractivity contribution in [3.8, 4) is 0 Å². The Hall–Kier alpha value is -2.72. The molecular formula is C20H19ClN2O2. The van der Waals surface area contributed by atoms with Crippen molar-refractivity contribution in [1.82, 2.24) is 0 Å². The minimum atomic E-state index is -0.311. The number of amides is 1. The Bertz CT molecular complexity index is 875. The summed E-state index contributed by atoms with van der Waals surface area (Å²) < 4.78 is 0. The lowest BCUT2D eigenvalue weighted by Gasteiger charge is -2.33. The Morgan fingerprint density at radius 3 is 2.52 bits per heavy atom. The topological polar surface area (TPSA) is 43.8 Å². The summed E-state index contributed by atoms with van der Waals surface area (Å²) in [5.74, 6) is -0.447. The third-order valence-corrected chi connectivity index (χ3v) is 4.68. The van der Waals surface area contributed by atoms with Gasteiger partial charge in [-0.05, 0) is 31.2 Å². The van der Waals surface area contributed by atoms with Crippen LogP contribution in [0.3, 0.4) is 0 Å². The number of carbonyl (C=O) groups is 1. The molecule has 2 aromatic carbocycles. The fraction of sp³-hybridized carbons (Fsp3) is 0.150. The number of aliphatic hydroxyl groups excluding tert-OH is 1. The summed E-state index contributed by atoms with van der Waals surface area (Å²) in [5.41, 5.74) is 2.53. The Kier molecular flexibility index (Phi) is 4.55. The number of hydrogen-bond donors (Lipinski definition) is 1. The first-order valence-corrected chi connectivity index (χ1v) is 8.37. The molecule has 1 amide bonds. The van der Waals surface area contributed by atoms with Gasteiger partial charge >= 0.3 is 0 Å². The van der Waals surface area contributed by atoms with Gasteiger partial charge in [0.15, 0.2) is 0 Å². The van der Waals surface area contributed by atoms with Crippen molar-refractivity contribution in [2.45, 2.75) is 6.92 Å². The third-order valence-electron chi connectivity index (χ3n) is 4.36. The summed E-state index contributed by atoms with van der Waals surface area (Å²) in [6, 6.07) is 14.7. The molecular weight excluding hydrogens is 336 g/mol. The first-order valence-electron chi connectivity index (χ1n) is 7.99. The number of anilines is 2. The van der Waals surface area contributed by atoms with Gasteiger partial charge in [0.2, 0.25) is 0 Å². The van der Waals surface area contributed by atoms with Crippen LogP contribution in [0.2, 0.25) is 5.02 Å². The predicted molar refractivity (Wildman–Crippen MR) is 103 cm³/mol. The monoisotopic (exact) mass is 354 g/mol. The van der Waals surface area contributed by atoms with E-state index >= 15 is 0 Å². The number of rotatable bonds is 3. The van der Waals surface area contributed by atoms with Crippen molar-refractivity contribution in [2.24, 2.45) is 0 Å². The van der Waals surface area contributed by atoms with E-state index in [0.29, 0.717) is 28.5 Å². The molecule has 0 unspecified atom stereocenters. The molecule has 0 saturated heterocycles. The van der Waals surface area contributed by atoms with E-state index in [4.69, 9.17) is 11.6 Å². The summed E-state index contributed by atoms with van der Waals surface area (Å²) >= 11 is 6.28. The highest BCUT2D eigenvalue weighted by atomic mass is 35.5. The number of nitrogens with zero attached hydrogens (tertiary/aromatic N) is 2. The molecule has 0 spiro atoms. The Morgan fingerprint density at radius 1 is 1.20 bits per heavy atom. The van der Waals surface area contributed by atoms with Crippen LogP contribution in [0.5, 0.6) is 0 Å². The third kappa shape index (κ3) is 2.79. The highest BCUT2D eigenvalue weighted by Gasteiger charge is 2.33. The minimum Gasteiger partial charge on any atom is -0.506 e. The molecule has 128 valence electrons. The zero-order valence-corrected chi connectivity index (χ0v) is 14.9. The van der Waals surface area contributed by atoms with Crippen LogP contribution in [0.4, 0.5) is 11.4 Å². The van der Waals surface area contributed by atoms with Crippen LogP contribution in [-0.2, 0) is 4.79 Å². The lowest BCUT2D eigenvalue weighted by Crippen LogP contribution is -2.37. The number of benzene rings is 2. The molecule has 0 aliphatic carbocycles. The highest BCUT2D eigenvalue weighted by Crippen LogP contribution is 2.41. The van der Waals surface area contributed by atoms with Crippen LogP contribution in [0.25, 0.3) is 5.76 Å². The fourth-order valence-corrected chi connectivity index (χ4v) is 3.27. The normalized spacial score (nSPS) is 13.7. The largest absolute Gasteiger partial charge is 0.506 e. The van der Waals surface area contributed by atoms with Gasteiger partial charge in [-0.2, -0.15) is 0 Å². The van der Waals surface area contributed by atoms with Crippen molar-refractivity contribution in [3.05, 3.63) is 77.0 Å². The fourth-order valence-electron chi connectivity index (χ4n) is 3.01. The Morgan fingerprint density at radius 2 is 1.88 bits per heavy atom. The Balaban J connectivity index is 2.15.